The predicted octanol–water partition coefficient (Wildman–Crippen LogP) is 1.60. The molecule has 0 unspecified atom stereocenters. The normalized spacial score (nSPS) is 26.0. The number of aromatic nitrogens is 4. The zero-order valence-corrected chi connectivity index (χ0v) is 15.7. The van der Waals surface area contributed by atoms with E-state index in [-0.39, 0.29) is 11.4 Å². The minimum absolute atomic E-state index is 0.103. The molecule has 2 saturated carbocycles. The second kappa shape index (κ2) is 6.77. The largest absolute Gasteiger partial charge is 0.391 e. The number of carbonyl (C=O) groups excluding carboxylic acids is 1. The highest BCUT2D eigenvalue weighted by Crippen LogP contribution is 2.47. The van der Waals surface area contributed by atoms with Crippen molar-refractivity contribution in [2.75, 3.05) is 18.4 Å². The van der Waals surface area contributed by atoms with Gasteiger partial charge in [-0.15, -0.1) is 0 Å². The fraction of sp³-hybridized carbons (Fsp3) is 0.550. The monoisotopic (exact) mass is 380 g/mol. The fourth-order valence-corrected chi connectivity index (χ4v) is 4.24. The summed E-state index contributed by atoms with van der Waals surface area (Å²) in [4.78, 5) is 31.5. The maximum Gasteiger partial charge on any atom is 0.257 e. The molecular formula is C20H24N6O2. The van der Waals surface area contributed by atoms with E-state index in [0.717, 1.165) is 31.4 Å². The van der Waals surface area contributed by atoms with Gasteiger partial charge in [-0.3, -0.25) is 4.79 Å². The Balaban J connectivity index is 1.27. The fourth-order valence-electron chi connectivity index (χ4n) is 4.24. The maximum atomic E-state index is 12.9. The molecular weight excluding hydrogens is 356 g/mol. The summed E-state index contributed by atoms with van der Waals surface area (Å²) in [6.07, 6.45) is 13.0. The number of anilines is 1. The molecule has 1 amide bonds. The van der Waals surface area contributed by atoms with Crippen molar-refractivity contribution in [3.63, 3.8) is 0 Å². The van der Waals surface area contributed by atoms with E-state index >= 15 is 0 Å². The first-order chi connectivity index (χ1) is 13.6. The van der Waals surface area contributed by atoms with E-state index in [4.69, 9.17) is 0 Å². The summed E-state index contributed by atoms with van der Waals surface area (Å²) in [6, 6.07) is 0. The average molecular weight is 380 g/mol. The highest BCUT2D eigenvalue weighted by atomic mass is 16.3. The smallest absolute Gasteiger partial charge is 0.257 e. The molecule has 2 N–H and O–H groups in total. The predicted molar refractivity (Wildman–Crippen MR) is 101 cm³/mol. The number of rotatable bonds is 5. The van der Waals surface area contributed by atoms with Crippen molar-refractivity contribution in [1.29, 1.82) is 0 Å². The first kappa shape index (κ1) is 17.5. The Hall–Kier alpha value is -2.61. The zero-order chi connectivity index (χ0) is 19.1. The van der Waals surface area contributed by atoms with Gasteiger partial charge in [-0.05, 0) is 43.9 Å². The van der Waals surface area contributed by atoms with Crippen LogP contribution in [0.3, 0.4) is 0 Å². The van der Waals surface area contributed by atoms with Gasteiger partial charge in [-0.25, -0.2) is 19.9 Å². The van der Waals surface area contributed by atoms with Crippen LogP contribution >= 0.6 is 0 Å². The van der Waals surface area contributed by atoms with Gasteiger partial charge in [0.2, 0.25) is 5.95 Å². The summed E-state index contributed by atoms with van der Waals surface area (Å²) in [5.74, 6) is 1.48. The number of aliphatic hydroxyl groups is 1. The number of likely N-dealkylation sites (tertiary alicyclic amines) is 1. The van der Waals surface area contributed by atoms with Gasteiger partial charge in [0, 0.05) is 43.4 Å². The van der Waals surface area contributed by atoms with Crippen molar-refractivity contribution < 1.29 is 9.90 Å². The van der Waals surface area contributed by atoms with Crippen molar-refractivity contribution in [1.82, 2.24) is 24.8 Å². The third-order valence-electron chi connectivity index (χ3n) is 6.15. The molecule has 0 bridgehead atoms. The molecule has 8 heteroatoms. The van der Waals surface area contributed by atoms with Crippen LogP contribution < -0.4 is 5.32 Å². The highest BCUT2D eigenvalue weighted by Gasteiger charge is 2.45. The molecule has 0 aromatic carbocycles. The van der Waals surface area contributed by atoms with Gasteiger partial charge in [-0.1, -0.05) is 0 Å². The molecule has 1 saturated heterocycles. The van der Waals surface area contributed by atoms with Crippen LogP contribution in [0.5, 0.6) is 0 Å². The van der Waals surface area contributed by atoms with Crippen LogP contribution in [0.4, 0.5) is 5.95 Å². The molecule has 3 heterocycles. The first-order valence-electron chi connectivity index (χ1n) is 9.96. The molecule has 5 rings (SSSR count). The van der Waals surface area contributed by atoms with Gasteiger partial charge in [0.05, 0.1) is 17.2 Å². The van der Waals surface area contributed by atoms with E-state index in [9.17, 15) is 9.90 Å². The van der Waals surface area contributed by atoms with Crippen LogP contribution in [0.25, 0.3) is 0 Å². The molecule has 3 aliphatic rings. The number of β-amino-alcohol motifs (C(OH)–C–C–N with tert-alkyl or cyclic N) is 1. The van der Waals surface area contributed by atoms with Crippen LogP contribution in [0.15, 0.2) is 31.1 Å². The molecule has 1 aliphatic heterocycles. The number of hydrogen-bond donors (Lipinski definition) is 2. The molecule has 0 radical (unpaired) electrons. The van der Waals surface area contributed by atoms with E-state index in [1.807, 2.05) is 12.4 Å². The molecule has 2 aliphatic carbocycles. The Kier molecular flexibility index (Phi) is 4.23. The van der Waals surface area contributed by atoms with E-state index < -0.39 is 6.10 Å². The summed E-state index contributed by atoms with van der Waals surface area (Å²) in [6.45, 7) is 1.11. The SMILES string of the molecule is O=C(c1cnc(NC2(c3cncnc3)CC2)nc1)N1C[C@H](O)C[C@H](C2CC2)C1. The number of hydrogen-bond acceptors (Lipinski definition) is 7. The second-order valence-electron chi connectivity index (χ2n) is 8.33. The van der Waals surface area contributed by atoms with Crippen molar-refractivity contribution in [2.45, 2.75) is 43.7 Å². The highest BCUT2D eigenvalue weighted by molar-refractivity contribution is 5.93. The lowest BCUT2D eigenvalue weighted by atomic mass is 9.91. The molecule has 0 spiro atoms. The van der Waals surface area contributed by atoms with Gasteiger partial charge in [0.25, 0.3) is 5.91 Å². The van der Waals surface area contributed by atoms with Gasteiger partial charge >= 0.3 is 0 Å². The van der Waals surface area contributed by atoms with Gasteiger partial charge in [0.15, 0.2) is 0 Å². The van der Waals surface area contributed by atoms with E-state index in [0.29, 0.717) is 29.9 Å². The summed E-state index contributed by atoms with van der Waals surface area (Å²) in [5.41, 5.74) is 1.27. The summed E-state index contributed by atoms with van der Waals surface area (Å²) < 4.78 is 0. The lowest BCUT2D eigenvalue weighted by Crippen LogP contribution is -2.46. The molecule has 2 aromatic heterocycles. The Morgan fingerprint density at radius 2 is 1.79 bits per heavy atom. The van der Waals surface area contributed by atoms with E-state index in [1.165, 1.54) is 19.2 Å². The lowest BCUT2D eigenvalue weighted by molar-refractivity contribution is 0.0270. The number of amides is 1. The van der Waals surface area contributed by atoms with Crippen molar-refractivity contribution in [2.24, 2.45) is 11.8 Å². The molecule has 146 valence electrons. The topological polar surface area (TPSA) is 104 Å². The van der Waals surface area contributed by atoms with E-state index in [1.54, 1.807) is 17.3 Å². The Labute approximate surface area is 163 Å². The van der Waals surface area contributed by atoms with Crippen LogP contribution in [0, 0.1) is 11.8 Å². The van der Waals surface area contributed by atoms with Crippen molar-refractivity contribution in [3.05, 3.63) is 42.2 Å². The van der Waals surface area contributed by atoms with E-state index in [2.05, 4.69) is 25.3 Å². The molecule has 8 nitrogen and oxygen atoms in total. The number of nitrogens with one attached hydrogen (secondary N) is 1. The summed E-state index contributed by atoms with van der Waals surface area (Å²) in [7, 11) is 0. The standard InChI is InChI=1S/C20H24N6O2/c27-17-5-14(13-1-2-13)10-26(11-17)18(28)15-6-23-19(24-7-15)25-20(3-4-20)16-8-21-12-22-9-16/h6-9,12-14,17,27H,1-5,10-11H2,(H,23,24,25)/t14-,17+/m0/s1. The molecule has 28 heavy (non-hydrogen) atoms. The maximum absolute atomic E-state index is 12.9. The minimum Gasteiger partial charge on any atom is -0.391 e. The van der Waals surface area contributed by atoms with Crippen LogP contribution in [0.2, 0.25) is 0 Å². The first-order valence-corrected chi connectivity index (χ1v) is 9.96. The number of aliphatic hydroxyl groups excluding tert-OH is 1. The number of piperidine rings is 1. The third-order valence-corrected chi connectivity index (χ3v) is 6.15. The third kappa shape index (κ3) is 3.44. The summed E-state index contributed by atoms with van der Waals surface area (Å²) >= 11 is 0. The quantitative estimate of drug-likeness (QED) is 0.812. The lowest BCUT2D eigenvalue weighted by Gasteiger charge is -2.35. The summed E-state index contributed by atoms with van der Waals surface area (Å²) in [5, 5.41) is 13.5. The number of nitrogens with zero attached hydrogens (tertiary/aromatic N) is 5. The molecule has 3 fully saturated rings. The van der Waals surface area contributed by atoms with Gasteiger partial charge in [0.1, 0.15) is 6.33 Å². The van der Waals surface area contributed by atoms with Gasteiger partial charge in [-0.2, -0.15) is 0 Å². The zero-order valence-electron chi connectivity index (χ0n) is 15.7. The average Bonchev–Trinajstić information content (AvgIpc) is 3.63. The Bertz CT molecular complexity index is 851. The molecule has 2 atom stereocenters. The van der Waals surface area contributed by atoms with Crippen molar-refractivity contribution in [3.8, 4) is 0 Å². The van der Waals surface area contributed by atoms with Crippen LogP contribution in [-0.4, -0.2) is 55.0 Å². The van der Waals surface area contributed by atoms with Crippen LogP contribution in [0.1, 0.15) is 48.0 Å². The van der Waals surface area contributed by atoms with Crippen molar-refractivity contribution >= 4 is 11.9 Å². The second-order valence-corrected chi connectivity index (χ2v) is 8.33. The molecule has 2 aromatic rings. The Morgan fingerprint density at radius 1 is 1.07 bits per heavy atom. The van der Waals surface area contributed by atoms with Crippen LogP contribution in [-0.2, 0) is 5.54 Å². The van der Waals surface area contributed by atoms with Gasteiger partial charge < -0.3 is 15.3 Å². The number of carbonyl (C=O) groups is 1. The Morgan fingerprint density at radius 3 is 2.43 bits per heavy atom. The minimum atomic E-state index is -0.437.